The number of halogens is 1. The van der Waals surface area contributed by atoms with Crippen LogP contribution in [0.25, 0.3) is 0 Å². The van der Waals surface area contributed by atoms with Crippen LogP contribution in [0, 0.1) is 13.8 Å². The van der Waals surface area contributed by atoms with E-state index < -0.39 is 0 Å². The summed E-state index contributed by atoms with van der Waals surface area (Å²) < 4.78 is 0. The zero-order valence-electron chi connectivity index (χ0n) is 11.6. The Morgan fingerprint density at radius 3 is 2.65 bits per heavy atom. The van der Waals surface area contributed by atoms with Crippen LogP contribution < -0.4 is 10.6 Å². The minimum atomic E-state index is 0.654. The zero-order chi connectivity index (χ0) is 14.5. The molecule has 1 aromatic carbocycles. The Morgan fingerprint density at radius 2 is 1.95 bits per heavy atom. The maximum atomic E-state index is 6.27. The van der Waals surface area contributed by atoms with Crippen molar-refractivity contribution in [3.8, 4) is 0 Å². The lowest BCUT2D eigenvalue weighted by molar-refractivity contribution is 1.14. The van der Waals surface area contributed by atoms with Crippen LogP contribution in [0.2, 0.25) is 5.02 Å². The molecule has 0 amide bonds. The Balaban J connectivity index is 2.24. The fourth-order valence-corrected chi connectivity index (χ4v) is 2.27. The van der Waals surface area contributed by atoms with Crippen LogP contribution in [0.1, 0.15) is 11.1 Å². The van der Waals surface area contributed by atoms with Gasteiger partial charge in [-0.1, -0.05) is 23.7 Å². The maximum Gasteiger partial charge on any atom is 0.135 e. The number of benzene rings is 1. The van der Waals surface area contributed by atoms with Gasteiger partial charge in [-0.05, 0) is 31.0 Å². The third kappa shape index (κ3) is 3.48. The molecule has 1 heterocycles. The lowest BCUT2D eigenvalue weighted by Gasteiger charge is -2.12. The topological polar surface area (TPSA) is 49.8 Å². The molecule has 20 heavy (non-hydrogen) atoms. The molecule has 2 rings (SSSR count). The number of hydrogen-bond donors (Lipinski definition) is 2. The van der Waals surface area contributed by atoms with E-state index in [9.17, 15) is 0 Å². The van der Waals surface area contributed by atoms with E-state index in [1.54, 1.807) is 6.08 Å². The first kappa shape index (κ1) is 14.3. The van der Waals surface area contributed by atoms with Gasteiger partial charge < -0.3 is 10.6 Å². The minimum absolute atomic E-state index is 0.654. The van der Waals surface area contributed by atoms with E-state index >= 15 is 0 Å². The predicted octanol–water partition coefficient (Wildman–Crippen LogP) is 4.09. The summed E-state index contributed by atoms with van der Waals surface area (Å²) in [6.45, 7) is 8.34. The second-order valence-electron chi connectivity index (χ2n) is 4.52. The highest BCUT2D eigenvalue weighted by atomic mass is 35.5. The van der Waals surface area contributed by atoms with Gasteiger partial charge >= 0.3 is 0 Å². The number of nitrogens with one attached hydrogen (secondary N) is 2. The molecule has 0 unspecified atom stereocenters. The summed E-state index contributed by atoms with van der Waals surface area (Å²) in [4.78, 5) is 8.34. The third-order valence-corrected chi connectivity index (χ3v) is 3.08. The number of anilines is 3. The van der Waals surface area contributed by atoms with Gasteiger partial charge in [-0.3, -0.25) is 0 Å². The number of rotatable bonds is 5. The fourth-order valence-electron chi connectivity index (χ4n) is 1.90. The molecule has 4 nitrogen and oxygen atoms in total. The Morgan fingerprint density at radius 1 is 1.20 bits per heavy atom. The van der Waals surface area contributed by atoms with Gasteiger partial charge in [-0.25, -0.2) is 9.97 Å². The van der Waals surface area contributed by atoms with Crippen LogP contribution in [0.3, 0.4) is 0 Å². The number of nitrogens with zero attached hydrogens (tertiary/aromatic N) is 2. The van der Waals surface area contributed by atoms with Gasteiger partial charge in [0.05, 0.1) is 10.7 Å². The van der Waals surface area contributed by atoms with Crippen molar-refractivity contribution in [3.63, 3.8) is 0 Å². The molecule has 0 aliphatic carbocycles. The number of aryl methyl sites for hydroxylation is 2. The second kappa shape index (κ2) is 6.39. The van der Waals surface area contributed by atoms with Crippen molar-refractivity contribution in [2.45, 2.75) is 13.8 Å². The van der Waals surface area contributed by atoms with Crippen LogP contribution in [0.4, 0.5) is 17.3 Å². The molecule has 0 atom stereocenters. The van der Waals surface area contributed by atoms with E-state index in [4.69, 9.17) is 11.6 Å². The van der Waals surface area contributed by atoms with Crippen molar-refractivity contribution >= 4 is 28.9 Å². The molecule has 0 aliphatic heterocycles. The summed E-state index contributed by atoms with van der Waals surface area (Å²) in [5, 5.41) is 7.03. The van der Waals surface area contributed by atoms with Crippen molar-refractivity contribution in [2.24, 2.45) is 0 Å². The first-order valence-corrected chi connectivity index (χ1v) is 6.68. The average molecular weight is 289 g/mol. The van der Waals surface area contributed by atoms with Crippen LogP contribution in [-0.2, 0) is 0 Å². The molecule has 104 valence electrons. The highest BCUT2D eigenvalue weighted by Gasteiger charge is 2.07. The molecule has 5 heteroatoms. The Hall–Kier alpha value is -2.07. The third-order valence-electron chi connectivity index (χ3n) is 2.78. The van der Waals surface area contributed by atoms with Gasteiger partial charge in [0.15, 0.2) is 0 Å². The molecule has 0 saturated carbocycles. The highest BCUT2D eigenvalue weighted by molar-refractivity contribution is 6.33. The van der Waals surface area contributed by atoms with Crippen molar-refractivity contribution in [2.75, 3.05) is 17.2 Å². The highest BCUT2D eigenvalue weighted by Crippen LogP contribution is 2.29. The summed E-state index contributed by atoms with van der Waals surface area (Å²) in [6.07, 6.45) is 3.28. The molecule has 2 aromatic rings. The van der Waals surface area contributed by atoms with E-state index in [1.165, 1.54) is 6.33 Å². The largest absolute Gasteiger partial charge is 0.366 e. The van der Waals surface area contributed by atoms with Crippen LogP contribution in [-0.4, -0.2) is 16.5 Å². The van der Waals surface area contributed by atoms with Crippen molar-refractivity contribution < 1.29 is 0 Å². The number of aromatic nitrogens is 2. The van der Waals surface area contributed by atoms with Crippen molar-refractivity contribution in [3.05, 3.63) is 53.3 Å². The van der Waals surface area contributed by atoms with Crippen molar-refractivity contribution in [1.82, 2.24) is 9.97 Å². The van der Waals surface area contributed by atoms with Crippen molar-refractivity contribution in [1.29, 1.82) is 0 Å². The summed E-state index contributed by atoms with van der Waals surface area (Å²) in [7, 11) is 0. The van der Waals surface area contributed by atoms with E-state index in [-0.39, 0.29) is 0 Å². The molecule has 1 aromatic heterocycles. The van der Waals surface area contributed by atoms with Gasteiger partial charge in [-0.15, -0.1) is 6.58 Å². The molecular formula is C15H17ClN4. The fraction of sp³-hybridized carbons (Fsp3) is 0.200. The molecule has 0 radical (unpaired) electrons. The molecule has 0 fully saturated rings. The lowest BCUT2D eigenvalue weighted by Crippen LogP contribution is -2.03. The van der Waals surface area contributed by atoms with Gasteiger partial charge in [0.1, 0.15) is 18.0 Å². The SMILES string of the molecule is C=CCNc1cc(Nc2c(C)cc(C)cc2Cl)ncn1. The standard InChI is InChI=1S/C15H17ClN4/c1-4-5-17-13-8-14(19-9-18-13)20-15-11(3)6-10(2)7-12(15)16/h4,6-9H,1,5H2,2-3H3,(H2,17,18,19,20). The lowest BCUT2D eigenvalue weighted by atomic mass is 10.1. The molecule has 0 saturated heterocycles. The summed E-state index contributed by atoms with van der Waals surface area (Å²) in [5.41, 5.74) is 3.08. The summed E-state index contributed by atoms with van der Waals surface area (Å²) >= 11 is 6.27. The first-order chi connectivity index (χ1) is 9.60. The molecule has 0 aliphatic rings. The molecular weight excluding hydrogens is 272 g/mol. The normalized spacial score (nSPS) is 10.2. The van der Waals surface area contributed by atoms with Gasteiger partial charge in [-0.2, -0.15) is 0 Å². The zero-order valence-corrected chi connectivity index (χ0v) is 12.3. The van der Waals surface area contributed by atoms with Gasteiger partial charge in [0, 0.05) is 12.6 Å². The monoisotopic (exact) mass is 288 g/mol. The van der Waals surface area contributed by atoms with Crippen LogP contribution >= 0.6 is 11.6 Å². The Labute approximate surface area is 123 Å². The van der Waals surface area contributed by atoms with E-state index in [0.29, 0.717) is 17.4 Å². The Bertz CT molecular complexity index is 602. The first-order valence-electron chi connectivity index (χ1n) is 6.30. The quantitative estimate of drug-likeness (QED) is 0.814. The van der Waals surface area contributed by atoms with E-state index in [2.05, 4.69) is 33.2 Å². The van der Waals surface area contributed by atoms with Gasteiger partial charge in [0.25, 0.3) is 0 Å². The van der Waals surface area contributed by atoms with E-state index in [0.717, 1.165) is 22.6 Å². The molecule has 2 N–H and O–H groups in total. The molecule has 0 bridgehead atoms. The van der Waals surface area contributed by atoms with E-state index in [1.807, 2.05) is 26.0 Å². The summed E-state index contributed by atoms with van der Waals surface area (Å²) in [6, 6.07) is 5.83. The summed E-state index contributed by atoms with van der Waals surface area (Å²) in [5.74, 6) is 1.43. The Kier molecular flexibility index (Phi) is 4.58. The predicted molar refractivity (Wildman–Crippen MR) is 84.9 cm³/mol. The average Bonchev–Trinajstić information content (AvgIpc) is 2.41. The van der Waals surface area contributed by atoms with Crippen LogP contribution in [0.5, 0.6) is 0 Å². The van der Waals surface area contributed by atoms with Crippen LogP contribution in [0.15, 0.2) is 37.2 Å². The maximum absolute atomic E-state index is 6.27. The smallest absolute Gasteiger partial charge is 0.135 e. The second-order valence-corrected chi connectivity index (χ2v) is 4.93. The van der Waals surface area contributed by atoms with Gasteiger partial charge in [0.2, 0.25) is 0 Å². The minimum Gasteiger partial charge on any atom is -0.366 e. The number of hydrogen-bond acceptors (Lipinski definition) is 4. The molecule has 0 spiro atoms.